The van der Waals surface area contributed by atoms with E-state index in [4.69, 9.17) is 4.53 Å². The Morgan fingerprint density at radius 2 is 2.00 bits per heavy atom. The molecule has 0 saturated heterocycles. The van der Waals surface area contributed by atoms with Crippen molar-refractivity contribution < 1.29 is 9.32 Å². The summed E-state index contributed by atoms with van der Waals surface area (Å²) in [5.41, 5.74) is 0. The predicted octanol–water partition coefficient (Wildman–Crippen LogP) is -0.508. The van der Waals surface area contributed by atoms with Gasteiger partial charge in [0.2, 0.25) is 14.7 Å². The average molecular weight is 163 g/mol. The summed E-state index contributed by atoms with van der Waals surface area (Å²) in [6.07, 6.45) is 0.727. The first-order valence-corrected chi connectivity index (χ1v) is 7.13. The summed E-state index contributed by atoms with van der Waals surface area (Å²) in [4.78, 5) is 10.0. The van der Waals surface area contributed by atoms with Gasteiger partial charge < -0.3 is 4.53 Å². The lowest BCUT2D eigenvalue weighted by Crippen LogP contribution is -2.35. The third-order valence-corrected chi connectivity index (χ3v) is 2.16. The molecule has 0 N–H and O–H groups in total. The van der Waals surface area contributed by atoms with Crippen molar-refractivity contribution in [2.75, 3.05) is 0 Å². The number of rotatable bonds is 3. The Morgan fingerprint density at radius 1 is 1.56 bits per heavy atom. The van der Waals surface area contributed by atoms with Crippen molar-refractivity contribution in [3.63, 3.8) is 0 Å². The van der Waals surface area contributed by atoms with Gasteiger partial charge in [-0.25, -0.2) is 0 Å². The molecule has 0 unspecified atom stereocenters. The van der Waals surface area contributed by atoms with Gasteiger partial charge in [-0.1, -0.05) is 0 Å². The van der Waals surface area contributed by atoms with Crippen molar-refractivity contribution in [2.24, 2.45) is 0 Å². The third kappa shape index (κ3) is 5.74. The fraction of sp³-hybridized carbons (Fsp3) is 0.750. The normalized spacial score (nSPS) is 11.4. The lowest BCUT2D eigenvalue weighted by molar-refractivity contribution is -0.128. The fourth-order valence-corrected chi connectivity index (χ4v) is 3.00. The van der Waals surface area contributed by atoms with Crippen LogP contribution in [0.15, 0.2) is 0 Å². The SMILES string of the molecule is C[Si](C)(C)ON([SiH3])C=O. The van der Waals surface area contributed by atoms with Crippen molar-refractivity contribution in [3.05, 3.63) is 0 Å². The molecule has 0 aromatic rings. The summed E-state index contributed by atoms with van der Waals surface area (Å²) in [5, 5.41) is 0. The van der Waals surface area contributed by atoms with E-state index < -0.39 is 8.32 Å². The molecule has 5 heteroatoms. The summed E-state index contributed by atoms with van der Waals surface area (Å²) >= 11 is 0. The molecular weight excluding hydrogens is 150 g/mol. The molecule has 0 aromatic carbocycles. The Morgan fingerprint density at radius 3 is 2.11 bits per heavy atom. The summed E-state index contributed by atoms with van der Waals surface area (Å²) in [6, 6.07) is 0. The van der Waals surface area contributed by atoms with E-state index in [1.807, 2.05) is 19.6 Å². The van der Waals surface area contributed by atoms with Crippen molar-refractivity contribution in [3.8, 4) is 0 Å². The topological polar surface area (TPSA) is 29.5 Å². The van der Waals surface area contributed by atoms with E-state index in [2.05, 4.69) is 0 Å². The number of carbonyl (C=O) groups is 1. The minimum atomic E-state index is -1.51. The molecule has 54 valence electrons. The van der Waals surface area contributed by atoms with Crippen LogP contribution >= 0.6 is 0 Å². The Labute approximate surface area is 59.6 Å². The van der Waals surface area contributed by atoms with E-state index in [1.165, 1.54) is 4.73 Å². The van der Waals surface area contributed by atoms with Crippen LogP contribution in [0.3, 0.4) is 0 Å². The van der Waals surface area contributed by atoms with E-state index in [-0.39, 0.29) is 0 Å². The molecule has 0 atom stereocenters. The van der Waals surface area contributed by atoms with E-state index >= 15 is 0 Å². The van der Waals surface area contributed by atoms with E-state index in [0.717, 1.165) is 6.41 Å². The molecule has 0 saturated carbocycles. The zero-order valence-electron chi connectivity index (χ0n) is 6.34. The number of carbonyl (C=O) groups excluding carboxylic acids is 1. The van der Waals surface area contributed by atoms with Gasteiger partial charge in [0.1, 0.15) is 10.4 Å². The van der Waals surface area contributed by atoms with Crippen LogP contribution in [0.25, 0.3) is 0 Å². The highest BCUT2D eigenvalue weighted by atomic mass is 28.4. The van der Waals surface area contributed by atoms with Gasteiger partial charge in [-0.05, 0) is 19.6 Å². The molecular formula is C4H13NO2Si2. The highest BCUT2D eigenvalue weighted by Gasteiger charge is 2.16. The van der Waals surface area contributed by atoms with Crippen LogP contribution < -0.4 is 0 Å². The van der Waals surface area contributed by atoms with Crippen LogP contribution in [0.4, 0.5) is 0 Å². The molecule has 0 fully saturated rings. The predicted molar refractivity (Wildman–Crippen MR) is 42.3 cm³/mol. The minimum absolute atomic E-state index is 0.648. The second-order valence-corrected chi connectivity index (χ2v) is 8.14. The average Bonchev–Trinajstić information content (AvgIpc) is 1.62. The Hall–Kier alpha value is -0.136. The highest BCUT2D eigenvalue weighted by molar-refractivity contribution is 6.69. The standard InChI is InChI=1S/C4H13NO2Si2/c1-9(2,3)7-5(8)4-6/h4H,1-3,8H3. The lowest BCUT2D eigenvalue weighted by Gasteiger charge is -2.22. The largest absolute Gasteiger partial charge is 0.327 e. The summed E-state index contributed by atoms with van der Waals surface area (Å²) in [7, 11) is -0.863. The Kier molecular flexibility index (Phi) is 3.09. The van der Waals surface area contributed by atoms with Crippen LogP contribution in [-0.2, 0) is 9.32 Å². The number of amides is 1. The van der Waals surface area contributed by atoms with Crippen molar-refractivity contribution in [1.29, 1.82) is 0 Å². The molecule has 0 heterocycles. The third-order valence-electron chi connectivity index (χ3n) is 0.566. The zero-order valence-corrected chi connectivity index (χ0v) is 9.34. The number of hydroxylamine groups is 1. The summed E-state index contributed by atoms with van der Waals surface area (Å²) in [5.74, 6) is 0. The van der Waals surface area contributed by atoms with Gasteiger partial charge in [0.15, 0.2) is 0 Å². The quantitative estimate of drug-likeness (QED) is 0.319. The van der Waals surface area contributed by atoms with Crippen molar-refractivity contribution in [2.45, 2.75) is 19.6 Å². The van der Waals surface area contributed by atoms with Crippen LogP contribution in [0.2, 0.25) is 19.6 Å². The Balaban J connectivity index is 3.59. The van der Waals surface area contributed by atoms with E-state index in [1.54, 1.807) is 0 Å². The first-order valence-electron chi connectivity index (χ1n) is 2.83. The van der Waals surface area contributed by atoms with Gasteiger partial charge in [-0.15, -0.1) is 0 Å². The maximum Gasteiger partial charge on any atom is 0.223 e. The molecule has 0 spiro atoms. The van der Waals surface area contributed by atoms with Crippen LogP contribution in [0, 0.1) is 0 Å². The second kappa shape index (κ2) is 3.14. The number of hydrogen-bond acceptors (Lipinski definition) is 2. The van der Waals surface area contributed by atoms with Crippen LogP contribution in [0.5, 0.6) is 0 Å². The maximum absolute atomic E-state index is 10.0. The summed E-state index contributed by atoms with van der Waals surface area (Å²) in [6.45, 7) is 6.13. The van der Waals surface area contributed by atoms with Crippen molar-refractivity contribution in [1.82, 2.24) is 4.73 Å². The molecule has 0 bridgehead atoms. The zero-order chi connectivity index (χ0) is 7.49. The van der Waals surface area contributed by atoms with Gasteiger partial charge in [0.05, 0.1) is 0 Å². The first-order chi connectivity index (χ1) is 3.95. The van der Waals surface area contributed by atoms with E-state index in [0.29, 0.717) is 10.4 Å². The Bertz CT molecular complexity index is 101. The molecule has 0 aliphatic carbocycles. The van der Waals surface area contributed by atoms with Crippen LogP contribution in [-0.4, -0.2) is 29.9 Å². The maximum atomic E-state index is 10.0. The smallest absolute Gasteiger partial charge is 0.223 e. The molecule has 0 rings (SSSR count). The van der Waals surface area contributed by atoms with Gasteiger partial charge in [0, 0.05) is 0 Å². The molecule has 0 aromatic heterocycles. The minimum Gasteiger partial charge on any atom is -0.327 e. The first kappa shape index (κ1) is 8.86. The molecule has 1 amide bonds. The van der Waals surface area contributed by atoms with Gasteiger partial charge in [0.25, 0.3) is 0 Å². The molecule has 0 radical (unpaired) electrons. The molecule has 0 aliphatic heterocycles. The fourth-order valence-electron chi connectivity index (χ4n) is 0.453. The molecule has 0 aliphatic rings. The number of hydrogen-bond donors (Lipinski definition) is 0. The lowest BCUT2D eigenvalue weighted by atomic mass is 11.5. The second-order valence-electron chi connectivity index (χ2n) is 2.86. The van der Waals surface area contributed by atoms with E-state index in [9.17, 15) is 4.79 Å². The summed E-state index contributed by atoms with van der Waals surface area (Å²) < 4.78 is 6.61. The molecule has 9 heavy (non-hydrogen) atoms. The van der Waals surface area contributed by atoms with Gasteiger partial charge >= 0.3 is 0 Å². The monoisotopic (exact) mass is 163 g/mol. The van der Waals surface area contributed by atoms with Crippen molar-refractivity contribution >= 4 is 25.1 Å². The number of nitrogens with zero attached hydrogens (tertiary/aromatic N) is 1. The van der Waals surface area contributed by atoms with Crippen LogP contribution in [0.1, 0.15) is 0 Å². The molecule has 3 nitrogen and oxygen atoms in total. The highest BCUT2D eigenvalue weighted by Crippen LogP contribution is 2.02. The van der Waals surface area contributed by atoms with Gasteiger partial charge in [-0.3, -0.25) is 9.52 Å². The van der Waals surface area contributed by atoms with Gasteiger partial charge in [-0.2, -0.15) is 0 Å².